The second-order valence-electron chi connectivity index (χ2n) is 9.42. The molecule has 10 nitrogen and oxygen atoms in total. The molecular formula is C30H26N6O4. The monoisotopic (exact) mass is 534 g/mol. The van der Waals surface area contributed by atoms with Gasteiger partial charge in [0.25, 0.3) is 11.5 Å². The maximum Gasteiger partial charge on any atom is 0.290 e. The number of nitrogens with zero attached hydrogens (tertiary/aromatic N) is 4. The SMILES string of the molecule is CCn1c(-c2ccc(-c3c(C)on(C)c3=O)cc2C#N)cc2cc(C)nc(C(=O)Nc3cccc(C(N)=O)c3)c21. The van der Waals surface area contributed by atoms with Gasteiger partial charge in [-0.1, -0.05) is 18.2 Å². The van der Waals surface area contributed by atoms with Crippen molar-refractivity contribution in [3.05, 3.63) is 93.2 Å². The molecule has 0 saturated heterocycles. The van der Waals surface area contributed by atoms with Crippen LogP contribution in [0.3, 0.4) is 0 Å². The molecule has 0 aliphatic heterocycles. The van der Waals surface area contributed by atoms with Crippen LogP contribution in [0.4, 0.5) is 5.69 Å². The molecule has 0 radical (unpaired) electrons. The summed E-state index contributed by atoms with van der Waals surface area (Å²) in [5.41, 5.74) is 10.00. The molecule has 0 aliphatic carbocycles. The predicted octanol–water partition coefficient (Wildman–Crippen LogP) is 4.52. The molecule has 3 aromatic heterocycles. The van der Waals surface area contributed by atoms with Crippen molar-refractivity contribution >= 4 is 28.4 Å². The highest BCUT2D eigenvalue weighted by molar-refractivity contribution is 6.12. The van der Waals surface area contributed by atoms with Crippen LogP contribution in [0.25, 0.3) is 33.3 Å². The van der Waals surface area contributed by atoms with E-state index in [4.69, 9.17) is 10.3 Å². The van der Waals surface area contributed by atoms with E-state index in [2.05, 4.69) is 16.4 Å². The highest BCUT2D eigenvalue weighted by atomic mass is 16.5. The first-order valence-corrected chi connectivity index (χ1v) is 12.6. The van der Waals surface area contributed by atoms with E-state index in [1.807, 2.05) is 23.6 Å². The molecule has 10 heteroatoms. The lowest BCUT2D eigenvalue weighted by molar-refractivity contribution is 0.0995. The molecule has 2 amide bonds. The van der Waals surface area contributed by atoms with Gasteiger partial charge < -0.3 is 20.1 Å². The zero-order valence-electron chi connectivity index (χ0n) is 22.4. The Morgan fingerprint density at radius 1 is 1.12 bits per heavy atom. The molecule has 3 N–H and O–H groups in total. The first kappa shape index (κ1) is 26.2. The van der Waals surface area contributed by atoms with Crippen molar-refractivity contribution < 1.29 is 14.1 Å². The Morgan fingerprint density at radius 3 is 2.55 bits per heavy atom. The van der Waals surface area contributed by atoms with E-state index < -0.39 is 11.8 Å². The van der Waals surface area contributed by atoms with Gasteiger partial charge in [-0.05, 0) is 62.7 Å². The maximum absolute atomic E-state index is 13.5. The van der Waals surface area contributed by atoms with Gasteiger partial charge in [-0.3, -0.25) is 14.4 Å². The summed E-state index contributed by atoms with van der Waals surface area (Å²) in [4.78, 5) is 42.2. The van der Waals surface area contributed by atoms with Gasteiger partial charge in [-0.15, -0.1) is 0 Å². The Labute approximate surface area is 229 Å². The van der Waals surface area contributed by atoms with Crippen LogP contribution >= 0.6 is 0 Å². The number of carbonyl (C=O) groups is 2. The molecule has 0 spiro atoms. The molecule has 0 unspecified atom stereocenters. The van der Waals surface area contributed by atoms with Gasteiger partial charge in [-0.2, -0.15) is 10.0 Å². The Bertz CT molecular complexity index is 1940. The number of nitrogens with one attached hydrogen (secondary N) is 1. The molecule has 2 aromatic carbocycles. The molecule has 5 aromatic rings. The first-order valence-electron chi connectivity index (χ1n) is 12.6. The van der Waals surface area contributed by atoms with Gasteiger partial charge in [0.05, 0.1) is 28.4 Å². The van der Waals surface area contributed by atoms with E-state index in [-0.39, 0.29) is 16.8 Å². The van der Waals surface area contributed by atoms with E-state index in [9.17, 15) is 19.6 Å². The topological polar surface area (TPSA) is 149 Å². The van der Waals surface area contributed by atoms with Crippen LogP contribution in [0.2, 0.25) is 0 Å². The molecule has 0 saturated carbocycles. The van der Waals surface area contributed by atoms with Gasteiger partial charge in [0, 0.05) is 41.5 Å². The van der Waals surface area contributed by atoms with Crippen LogP contribution in [0.5, 0.6) is 0 Å². The number of hydrogen-bond donors (Lipinski definition) is 2. The third kappa shape index (κ3) is 4.43. The lowest BCUT2D eigenvalue weighted by atomic mass is 9.98. The second-order valence-corrected chi connectivity index (χ2v) is 9.42. The largest absolute Gasteiger partial charge is 0.381 e. The highest BCUT2D eigenvalue weighted by Gasteiger charge is 2.22. The number of aromatic nitrogens is 3. The summed E-state index contributed by atoms with van der Waals surface area (Å²) < 4.78 is 8.52. The fourth-order valence-electron chi connectivity index (χ4n) is 5.02. The molecule has 200 valence electrons. The summed E-state index contributed by atoms with van der Waals surface area (Å²) in [7, 11) is 1.54. The van der Waals surface area contributed by atoms with Crippen molar-refractivity contribution in [1.29, 1.82) is 5.26 Å². The average Bonchev–Trinajstić information content (AvgIpc) is 3.42. The van der Waals surface area contributed by atoms with Crippen molar-refractivity contribution in [3.63, 3.8) is 0 Å². The zero-order valence-corrected chi connectivity index (χ0v) is 22.4. The quantitative estimate of drug-likeness (QED) is 0.327. The summed E-state index contributed by atoms with van der Waals surface area (Å²) in [5.74, 6) is -0.582. The van der Waals surface area contributed by atoms with Crippen molar-refractivity contribution in [2.75, 3.05) is 5.32 Å². The third-order valence-corrected chi connectivity index (χ3v) is 6.77. The van der Waals surface area contributed by atoms with Crippen LogP contribution in [0, 0.1) is 25.2 Å². The van der Waals surface area contributed by atoms with Crippen molar-refractivity contribution in [1.82, 2.24) is 14.3 Å². The van der Waals surface area contributed by atoms with E-state index in [1.54, 1.807) is 50.2 Å². The summed E-state index contributed by atoms with van der Waals surface area (Å²) in [6.07, 6.45) is 0. The number of hydrogen-bond acceptors (Lipinski definition) is 6. The Morgan fingerprint density at radius 2 is 1.90 bits per heavy atom. The minimum atomic E-state index is -0.598. The lowest BCUT2D eigenvalue weighted by Gasteiger charge is -2.13. The zero-order chi connectivity index (χ0) is 28.7. The van der Waals surface area contributed by atoms with Crippen molar-refractivity contribution in [2.45, 2.75) is 27.3 Å². The number of pyridine rings is 1. The van der Waals surface area contributed by atoms with Crippen LogP contribution in [-0.4, -0.2) is 26.1 Å². The Hall–Kier alpha value is -5.43. The van der Waals surface area contributed by atoms with Gasteiger partial charge >= 0.3 is 0 Å². The van der Waals surface area contributed by atoms with Crippen LogP contribution < -0.4 is 16.6 Å². The molecular weight excluding hydrogens is 508 g/mol. The highest BCUT2D eigenvalue weighted by Crippen LogP contribution is 2.34. The maximum atomic E-state index is 13.5. The van der Waals surface area contributed by atoms with Crippen LogP contribution in [-0.2, 0) is 13.6 Å². The number of rotatable bonds is 6. The summed E-state index contributed by atoms with van der Waals surface area (Å²) in [6.45, 7) is 5.95. The van der Waals surface area contributed by atoms with Gasteiger partial charge in [0.15, 0.2) is 5.69 Å². The third-order valence-electron chi connectivity index (χ3n) is 6.77. The Kier molecular flexibility index (Phi) is 6.57. The number of nitriles is 1. The second kappa shape index (κ2) is 10.0. The molecule has 0 fully saturated rings. The average molecular weight is 535 g/mol. The first-order chi connectivity index (χ1) is 19.1. The molecule has 0 atom stereocenters. The van der Waals surface area contributed by atoms with E-state index in [0.717, 1.165) is 15.8 Å². The predicted molar refractivity (Wildman–Crippen MR) is 151 cm³/mol. The van der Waals surface area contributed by atoms with Gasteiger partial charge in [0.1, 0.15) is 5.76 Å². The minimum absolute atomic E-state index is 0.209. The number of aryl methyl sites for hydroxylation is 4. The van der Waals surface area contributed by atoms with Crippen LogP contribution in [0.15, 0.2) is 63.9 Å². The molecule has 3 heterocycles. The minimum Gasteiger partial charge on any atom is -0.381 e. The molecule has 0 aliphatic rings. The number of anilines is 1. The summed E-state index contributed by atoms with van der Waals surface area (Å²) in [5, 5.41) is 13.7. The lowest BCUT2D eigenvalue weighted by Crippen LogP contribution is -2.17. The van der Waals surface area contributed by atoms with E-state index >= 15 is 0 Å². The number of carbonyl (C=O) groups excluding carboxylic acids is 2. The normalized spacial score (nSPS) is 11.0. The molecule has 40 heavy (non-hydrogen) atoms. The number of primary amides is 1. The Balaban J connectivity index is 1.64. The van der Waals surface area contributed by atoms with Crippen LogP contribution in [0.1, 0.15) is 44.8 Å². The number of nitrogens with two attached hydrogens (primary N) is 1. The summed E-state index contributed by atoms with van der Waals surface area (Å²) >= 11 is 0. The number of amides is 2. The fraction of sp³-hybridized carbons (Fsp3) is 0.167. The van der Waals surface area contributed by atoms with Gasteiger partial charge in [-0.25, -0.2) is 4.98 Å². The number of benzene rings is 2. The summed E-state index contributed by atoms with van der Waals surface area (Å²) in [6, 6.07) is 17.7. The molecule has 0 bridgehead atoms. The fourth-order valence-corrected chi connectivity index (χ4v) is 5.02. The number of fused-ring (bicyclic) bond motifs is 1. The van der Waals surface area contributed by atoms with E-state index in [0.29, 0.717) is 51.5 Å². The van der Waals surface area contributed by atoms with Gasteiger partial charge in [0.2, 0.25) is 5.91 Å². The van der Waals surface area contributed by atoms with Crippen molar-refractivity contribution in [3.8, 4) is 28.5 Å². The smallest absolute Gasteiger partial charge is 0.290 e. The van der Waals surface area contributed by atoms with E-state index in [1.165, 1.54) is 13.1 Å². The van der Waals surface area contributed by atoms with Crippen molar-refractivity contribution in [2.24, 2.45) is 12.8 Å². The molecule has 5 rings (SSSR count). The standard InChI is InChI=1S/C30H26N6O4/c1-5-36-24(23-10-9-18(12-21(23)15-31)25-17(3)40-35(4)30(25)39)14-20-11-16(2)33-26(27(20)36)29(38)34-22-8-6-7-19(13-22)28(32)37/h6-14H,5H2,1-4H3,(H2,32,37)(H,34,38).